The van der Waals surface area contributed by atoms with Crippen LogP contribution in [-0.4, -0.2) is 53.5 Å². The van der Waals surface area contributed by atoms with E-state index in [-0.39, 0.29) is 18.0 Å². The van der Waals surface area contributed by atoms with Gasteiger partial charge in [-0.15, -0.1) is 0 Å². The van der Waals surface area contributed by atoms with Gasteiger partial charge in [0, 0.05) is 22.6 Å². The summed E-state index contributed by atoms with van der Waals surface area (Å²) in [4.78, 5) is 12.3. The molecule has 0 radical (unpaired) electrons. The van der Waals surface area contributed by atoms with Gasteiger partial charge in [0.1, 0.15) is 18.4 Å². The Balaban J connectivity index is 1.73. The molecule has 1 amide bonds. The van der Waals surface area contributed by atoms with E-state index < -0.39 is 26.7 Å². The average molecular weight is 461 g/mol. The van der Waals surface area contributed by atoms with Crippen molar-refractivity contribution in [3.8, 4) is 17.6 Å². The van der Waals surface area contributed by atoms with E-state index in [0.717, 1.165) is 9.87 Å². The zero-order valence-corrected chi connectivity index (χ0v) is 18.9. The summed E-state index contributed by atoms with van der Waals surface area (Å²) in [5.41, 5.74) is 2.49. The number of carbonyl (C=O) groups is 1. The summed E-state index contributed by atoms with van der Waals surface area (Å²) in [6.07, 6.45) is 0. The number of hydrogen-bond acceptors (Lipinski definition) is 6. The molecule has 2 aromatic rings. The maximum absolute atomic E-state index is 13.2. The number of amides is 1. The van der Waals surface area contributed by atoms with Crippen molar-refractivity contribution in [3.63, 3.8) is 0 Å². The molecule has 1 heterocycles. The van der Waals surface area contributed by atoms with Gasteiger partial charge in [-0.2, -0.15) is 16.1 Å². The lowest BCUT2D eigenvalue weighted by Gasteiger charge is -2.43. The Hall–Kier alpha value is -2.51. The van der Waals surface area contributed by atoms with Gasteiger partial charge in [-0.1, -0.05) is 30.0 Å². The Morgan fingerprint density at radius 1 is 1.23 bits per heavy atom. The fourth-order valence-corrected chi connectivity index (χ4v) is 6.45. The summed E-state index contributed by atoms with van der Waals surface area (Å²) >= 11 is 1.49. The maximum atomic E-state index is 13.2. The number of hydrogen-bond donors (Lipinski definition) is 2. The number of thioether (sulfide) groups is 1. The van der Waals surface area contributed by atoms with Gasteiger partial charge in [0.15, 0.2) is 0 Å². The first-order valence-corrected chi connectivity index (χ1v) is 12.0. The first-order valence-electron chi connectivity index (χ1n) is 9.62. The first kappa shape index (κ1) is 23.2. The zero-order valence-electron chi connectivity index (χ0n) is 17.2. The van der Waals surface area contributed by atoms with Crippen molar-refractivity contribution < 1.29 is 23.2 Å². The molecule has 2 aromatic carbocycles. The van der Waals surface area contributed by atoms with Crippen LogP contribution in [-0.2, 0) is 14.8 Å². The smallest absolute Gasteiger partial charge is 0.263 e. The molecule has 1 saturated heterocycles. The van der Waals surface area contributed by atoms with E-state index in [1.807, 2.05) is 30.3 Å². The fraction of sp³-hybridized carbons (Fsp3) is 0.318. The molecule has 1 aliphatic rings. The molecule has 1 fully saturated rings. The van der Waals surface area contributed by atoms with Crippen LogP contribution in [0, 0.1) is 11.8 Å². The van der Waals surface area contributed by atoms with E-state index in [9.17, 15) is 13.2 Å². The molecule has 9 heteroatoms. The van der Waals surface area contributed by atoms with Crippen LogP contribution in [0.1, 0.15) is 19.4 Å². The minimum atomic E-state index is -3.95. The molecule has 164 valence electrons. The second-order valence-corrected chi connectivity index (χ2v) is 11.0. The molecule has 0 saturated carbocycles. The van der Waals surface area contributed by atoms with Gasteiger partial charge in [-0.25, -0.2) is 13.9 Å². The molecule has 1 aliphatic heterocycles. The minimum absolute atomic E-state index is 0.0497. The van der Waals surface area contributed by atoms with Crippen LogP contribution >= 0.6 is 11.8 Å². The van der Waals surface area contributed by atoms with Crippen molar-refractivity contribution in [1.82, 2.24) is 9.79 Å². The lowest BCUT2D eigenvalue weighted by molar-refractivity contribution is -0.134. The van der Waals surface area contributed by atoms with Gasteiger partial charge in [0.05, 0.1) is 4.90 Å². The molecular formula is C22H24N2O5S2. The Morgan fingerprint density at radius 3 is 2.55 bits per heavy atom. The van der Waals surface area contributed by atoms with Crippen molar-refractivity contribution in [2.75, 3.05) is 18.9 Å². The monoisotopic (exact) mass is 460 g/mol. The molecule has 1 atom stereocenters. The normalized spacial score (nSPS) is 18.5. The fourth-order valence-electron chi connectivity index (χ4n) is 3.34. The van der Waals surface area contributed by atoms with Crippen LogP contribution in [0.5, 0.6) is 5.75 Å². The Bertz CT molecular complexity index is 1070. The van der Waals surface area contributed by atoms with Gasteiger partial charge in [-0.05, 0) is 50.2 Å². The molecule has 0 unspecified atom stereocenters. The first-order chi connectivity index (χ1) is 14.8. The van der Waals surface area contributed by atoms with Crippen LogP contribution in [0.3, 0.4) is 0 Å². The van der Waals surface area contributed by atoms with E-state index in [0.29, 0.717) is 11.5 Å². The van der Waals surface area contributed by atoms with Gasteiger partial charge in [0.25, 0.3) is 5.91 Å². The average Bonchev–Trinajstić information content (AvgIpc) is 2.76. The molecule has 2 N–H and O–H groups in total. The van der Waals surface area contributed by atoms with Crippen LogP contribution in [0.15, 0.2) is 59.5 Å². The van der Waals surface area contributed by atoms with Gasteiger partial charge < -0.3 is 4.74 Å². The Kier molecular flexibility index (Phi) is 7.28. The highest BCUT2D eigenvalue weighted by Gasteiger charge is 2.48. The molecule has 31 heavy (non-hydrogen) atoms. The Labute approximate surface area is 186 Å². The second kappa shape index (κ2) is 9.75. The quantitative estimate of drug-likeness (QED) is 0.404. The Morgan fingerprint density at radius 2 is 1.90 bits per heavy atom. The molecule has 0 aliphatic carbocycles. The summed E-state index contributed by atoms with van der Waals surface area (Å²) in [6.45, 7) is 3.90. The third-order valence-electron chi connectivity index (χ3n) is 4.84. The van der Waals surface area contributed by atoms with Gasteiger partial charge >= 0.3 is 0 Å². The SMILES string of the molecule is CC1(C)SCCN(S(=O)(=O)c2ccc(OCC#Cc3ccccc3)cc2)[C@H]1C(=O)NO. The molecule has 0 aromatic heterocycles. The van der Waals surface area contributed by atoms with Gasteiger partial charge in [0.2, 0.25) is 10.0 Å². The maximum Gasteiger partial charge on any atom is 0.263 e. The minimum Gasteiger partial charge on any atom is -0.481 e. The summed E-state index contributed by atoms with van der Waals surface area (Å²) in [7, 11) is -3.95. The summed E-state index contributed by atoms with van der Waals surface area (Å²) in [5.74, 6) is 6.17. The van der Waals surface area contributed by atoms with Crippen molar-refractivity contribution in [2.24, 2.45) is 0 Å². The van der Waals surface area contributed by atoms with Gasteiger partial charge in [-0.3, -0.25) is 10.0 Å². The number of ether oxygens (including phenoxy) is 1. The highest BCUT2D eigenvalue weighted by molar-refractivity contribution is 8.00. The second-order valence-electron chi connectivity index (χ2n) is 7.37. The van der Waals surface area contributed by atoms with Crippen molar-refractivity contribution in [2.45, 2.75) is 29.5 Å². The van der Waals surface area contributed by atoms with Crippen LogP contribution in [0.2, 0.25) is 0 Å². The standard InChI is InChI=1S/C22H24N2O5S2/c1-22(2)20(21(25)23-26)24(14-16-30-22)31(27,28)19-12-10-18(11-13-19)29-15-6-9-17-7-4-3-5-8-17/h3-5,7-8,10-13,20,26H,14-16H2,1-2H3,(H,23,25)/t20-/m0/s1. The van der Waals surface area contributed by atoms with E-state index in [1.54, 1.807) is 31.5 Å². The predicted molar refractivity (Wildman–Crippen MR) is 119 cm³/mol. The molecule has 7 nitrogen and oxygen atoms in total. The van der Waals surface area contributed by atoms with E-state index in [2.05, 4.69) is 11.8 Å². The number of rotatable bonds is 5. The number of carbonyl (C=O) groups excluding carboxylic acids is 1. The predicted octanol–water partition coefficient (Wildman–Crippen LogP) is 2.51. The molecule has 0 bridgehead atoms. The van der Waals surface area contributed by atoms with E-state index in [4.69, 9.17) is 9.94 Å². The largest absolute Gasteiger partial charge is 0.481 e. The topological polar surface area (TPSA) is 95.9 Å². The third kappa shape index (κ3) is 5.40. The number of hydroxylamine groups is 1. The number of nitrogens with zero attached hydrogens (tertiary/aromatic N) is 1. The number of nitrogens with one attached hydrogen (secondary N) is 1. The van der Waals surface area contributed by atoms with Crippen LogP contribution in [0.25, 0.3) is 0 Å². The lowest BCUT2D eigenvalue weighted by atomic mass is 10.0. The summed E-state index contributed by atoms with van der Waals surface area (Å²) < 4.78 is 32.5. The van der Waals surface area contributed by atoms with E-state index in [1.165, 1.54) is 23.9 Å². The highest BCUT2D eigenvalue weighted by atomic mass is 32.2. The lowest BCUT2D eigenvalue weighted by Crippen LogP contribution is -2.61. The van der Waals surface area contributed by atoms with Crippen molar-refractivity contribution in [3.05, 3.63) is 60.2 Å². The number of benzene rings is 2. The van der Waals surface area contributed by atoms with Crippen LogP contribution < -0.4 is 10.2 Å². The summed E-state index contributed by atoms with van der Waals surface area (Å²) in [5, 5.41) is 9.13. The molecular weight excluding hydrogens is 436 g/mol. The van der Waals surface area contributed by atoms with Crippen molar-refractivity contribution >= 4 is 27.7 Å². The number of sulfonamides is 1. The summed E-state index contributed by atoms with van der Waals surface area (Å²) in [6, 6.07) is 14.5. The van der Waals surface area contributed by atoms with Crippen LogP contribution in [0.4, 0.5) is 0 Å². The van der Waals surface area contributed by atoms with E-state index >= 15 is 0 Å². The highest BCUT2D eigenvalue weighted by Crippen LogP contribution is 2.38. The van der Waals surface area contributed by atoms with Crippen molar-refractivity contribution in [1.29, 1.82) is 0 Å². The molecule has 0 spiro atoms. The third-order valence-corrected chi connectivity index (χ3v) is 8.07. The molecule has 3 rings (SSSR count). The zero-order chi connectivity index (χ0) is 22.5.